The number of nitrogens with one attached hydrogen (secondary N) is 2. The average molecular weight is 350 g/mol. The van der Waals surface area contributed by atoms with Crippen LogP contribution in [0.1, 0.15) is 31.7 Å². The van der Waals surface area contributed by atoms with E-state index in [1.165, 1.54) is 6.92 Å². The highest BCUT2D eigenvalue weighted by atomic mass is 16.4. The molecule has 0 aliphatic heterocycles. The molecule has 2 amide bonds. The molecule has 0 aliphatic rings. The van der Waals surface area contributed by atoms with Crippen molar-refractivity contribution < 1.29 is 19.5 Å². The van der Waals surface area contributed by atoms with Crippen molar-refractivity contribution in [2.24, 2.45) is 5.73 Å². The molecule has 8 nitrogen and oxygen atoms in total. The number of carbonyl (C=O) groups is 3. The van der Waals surface area contributed by atoms with Crippen LogP contribution in [0.3, 0.4) is 0 Å². The lowest BCUT2D eigenvalue weighted by molar-refractivity contribution is -0.142. The number of benzene rings is 1. The second-order valence-corrected chi connectivity index (χ2v) is 5.88. The van der Waals surface area contributed by atoms with Gasteiger partial charge in [0, 0.05) is 19.0 Å². The summed E-state index contributed by atoms with van der Waals surface area (Å²) in [6.07, 6.45) is 1.90. The minimum absolute atomic E-state index is 0.122. The molecule has 0 radical (unpaired) electrons. The van der Waals surface area contributed by atoms with Gasteiger partial charge in [0.2, 0.25) is 11.8 Å². The number of anilines is 1. The summed E-state index contributed by atoms with van der Waals surface area (Å²) in [5.41, 5.74) is 12.4. The maximum Gasteiger partial charge on any atom is 0.326 e. The summed E-state index contributed by atoms with van der Waals surface area (Å²) in [6, 6.07) is 4.89. The summed E-state index contributed by atoms with van der Waals surface area (Å²) >= 11 is 0. The third kappa shape index (κ3) is 7.67. The van der Waals surface area contributed by atoms with Crippen LogP contribution in [0.5, 0.6) is 0 Å². The van der Waals surface area contributed by atoms with E-state index in [0.29, 0.717) is 25.1 Å². The van der Waals surface area contributed by atoms with E-state index in [1.807, 2.05) is 0 Å². The van der Waals surface area contributed by atoms with Gasteiger partial charge in [-0.1, -0.05) is 12.1 Å². The van der Waals surface area contributed by atoms with Crippen LogP contribution in [0, 0.1) is 0 Å². The van der Waals surface area contributed by atoms with Gasteiger partial charge >= 0.3 is 5.97 Å². The normalized spacial score (nSPS) is 12.9. The standard InChI is InChI=1S/C17H26N4O4/c1-11(22)20-14(4-2-3-9-18)16(23)21-15(17(24)25)10-12-5-7-13(19)8-6-12/h5-8,14-15H,2-4,9-10,18-19H2,1H3,(H,20,22)(H,21,23)(H,24,25). The van der Waals surface area contributed by atoms with Gasteiger partial charge in [0.15, 0.2) is 0 Å². The van der Waals surface area contributed by atoms with Crippen molar-refractivity contribution in [1.82, 2.24) is 10.6 Å². The Labute approximate surface area is 147 Å². The van der Waals surface area contributed by atoms with Gasteiger partial charge in [-0.05, 0) is 43.5 Å². The highest BCUT2D eigenvalue weighted by Gasteiger charge is 2.25. The molecule has 0 aromatic heterocycles. The lowest BCUT2D eigenvalue weighted by atomic mass is 10.0. The minimum atomic E-state index is -1.14. The van der Waals surface area contributed by atoms with Gasteiger partial charge in [-0.25, -0.2) is 4.79 Å². The summed E-state index contributed by atoms with van der Waals surface area (Å²) in [6.45, 7) is 1.80. The molecule has 1 rings (SSSR count). The number of carbonyl (C=O) groups excluding carboxylic acids is 2. The van der Waals surface area contributed by atoms with Crippen LogP contribution in [-0.2, 0) is 20.8 Å². The number of hydrogen-bond donors (Lipinski definition) is 5. The minimum Gasteiger partial charge on any atom is -0.480 e. The van der Waals surface area contributed by atoms with Crippen LogP contribution in [0.15, 0.2) is 24.3 Å². The smallest absolute Gasteiger partial charge is 0.326 e. The molecule has 0 spiro atoms. The Kier molecular flexibility index (Phi) is 8.42. The van der Waals surface area contributed by atoms with Crippen LogP contribution >= 0.6 is 0 Å². The van der Waals surface area contributed by atoms with Crippen molar-refractivity contribution >= 4 is 23.5 Å². The van der Waals surface area contributed by atoms with Crippen molar-refractivity contribution in [3.63, 3.8) is 0 Å². The number of amides is 2. The van der Waals surface area contributed by atoms with E-state index in [1.54, 1.807) is 24.3 Å². The van der Waals surface area contributed by atoms with E-state index in [2.05, 4.69) is 10.6 Å². The van der Waals surface area contributed by atoms with E-state index < -0.39 is 24.0 Å². The molecule has 25 heavy (non-hydrogen) atoms. The van der Waals surface area contributed by atoms with Crippen LogP contribution in [0.2, 0.25) is 0 Å². The zero-order valence-electron chi connectivity index (χ0n) is 14.3. The summed E-state index contributed by atoms with van der Waals surface area (Å²) in [4.78, 5) is 35.1. The molecule has 0 saturated heterocycles. The van der Waals surface area contributed by atoms with Crippen LogP contribution in [0.25, 0.3) is 0 Å². The quantitative estimate of drug-likeness (QED) is 0.297. The fourth-order valence-corrected chi connectivity index (χ4v) is 2.37. The van der Waals surface area contributed by atoms with Crippen LogP contribution in [0.4, 0.5) is 5.69 Å². The Morgan fingerprint density at radius 3 is 2.24 bits per heavy atom. The zero-order valence-corrected chi connectivity index (χ0v) is 14.3. The number of hydrogen-bond acceptors (Lipinski definition) is 5. The van der Waals surface area contributed by atoms with E-state index in [-0.39, 0.29) is 12.3 Å². The number of unbranched alkanes of at least 4 members (excludes halogenated alkanes) is 1. The van der Waals surface area contributed by atoms with Gasteiger partial charge in [0.25, 0.3) is 0 Å². The van der Waals surface area contributed by atoms with Gasteiger partial charge < -0.3 is 27.2 Å². The Bertz CT molecular complexity index is 589. The lowest BCUT2D eigenvalue weighted by Crippen LogP contribution is -2.51. The topological polar surface area (TPSA) is 148 Å². The third-order valence-corrected chi connectivity index (χ3v) is 3.68. The van der Waals surface area contributed by atoms with E-state index in [9.17, 15) is 19.5 Å². The summed E-state index contributed by atoms with van der Waals surface area (Å²) in [7, 11) is 0. The van der Waals surface area contributed by atoms with Crippen molar-refractivity contribution in [3.05, 3.63) is 29.8 Å². The molecular weight excluding hydrogens is 324 g/mol. The number of aliphatic carboxylic acids is 1. The number of carboxylic acids is 1. The highest BCUT2D eigenvalue weighted by Crippen LogP contribution is 2.09. The predicted octanol–water partition coefficient (Wildman–Crippen LogP) is 0.0144. The second-order valence-electron chi connectivity index (χ2n) is 5.88. The number of nitrogens with two attached hydrogens (primary N) is 2. The van der Waals surface area contributed by atoms with Crippen LogP contribution in [-0.4, -0.2) is 41.5 Å². The van der Waals surface area contributed by atoms with Gasteiger partial charge in [0.1, 0.15) is 12.1 Å². The SMILES string of the molecule is CC(=O)NC(CCCCN)C(=O)NC(Cc1ccc(N)cc1)C(=O)O. The first-order chi connectivity index (χ1) is 11.8. The van der Waals surface area contributed by atoms with E-state index in [0.717, 1.165) is 12.0 Å². The molecule has 0 heterocycles. The molecule has 0 fully saturated rings. The summed E-state index contributed by atoms with van der Waals surface area (Å²) in [5.74, 6) is -2.01. The van der Waals surface area contributed by atoms with Gasteiger partial charge in [0.05, 0.1) is 0 Å². The van der Waals surface area contributed by atoms with Gasteiger partial charge in [-0.15, -0.1) is 0 Å². The molecular formula is C17H26N4O4. The molecule has 2 unspecified atom stereocenters. The van der Waals surface area contributed by atoms with Crippen molar-refractivity contribution in [2.75, 3.05) is 12.3 Å². The van der Waals surface area contributed by atoms with Gasteiger partial charge in [-0.2, -0.15) is 0 Å². The molecule has 2 atom stereocenters. The predicted molar refractivity (Wildman–Crippen MR) is 94.6 cm³/mol. The molecule has 138 valence electrons. The van der Waals surface area contributed by atoms with Gasteiger partial charge in [-0.3, -0.25) is 9.59 Å². The Hall–Kier alpha value is -2.61. The zero-order chi connectivity index (χ0) is 18.8. The first kappa shape index (κ1) is 20.4. The fourth-order valence-electron chi connectivity index (χ4n) is 2.37. The van der Waals surface area contributed by atoms with Crippen molar-refractivity contribution in [2.45, 2.75) is 44.7 Å². The first-order valence-corrected chi connectivity index (χ1v) is 8.18. The van der Waals surface area contributed by atoms with Crippen LogP contribution < -0.4 is 22.1 Å². The molecule has 0 bridgehead atoms. The molecule has 7 N–H and O–H groups in total. The van der Waals surface area contributed by atoms with Crippen molar-refractivity contribution in [1.29, 1.82) is 0 Å². The maximum atomic E-state index is 12.4. The largest absolute Gasteiger partial charge is 0.480 e. The Morgan fingerprint density at radius 2 is 1.72 bits per heavy atom. The fraction of sp³-hybridized carbons (Fsp3) is 0.471. The number of nitrogen functional groups attached to an aromatic ring is 1. The molecule has 0 saturated carbocycles. The number of carboxylic acid groups (broad SMARTS) is 1. The first-order valence-electron chi connectivity index (χ1n) is 8.18. The third-order valence-electron chi connectivity index (χ3n) is 3.68. The highest BCUT2D eigenvalue weighted by molar-refractivity contribution is 5.90. The molecule has 1 aromatic carbocycles. The summed E-state index contributed by atoms with van der Waals surface area (Å²) < 4.78 is 0. The maximum absolute atomic E-state index is 12.4. The van der Waals surface area contributed by atoms with E-state index >= 15 is 0 Å². The lowest BCUT2D eigenvalue weighted by Gasteiger charge is -2.21. The molecule has 0 aliphatic carbocycles. The number of rotatable bonds is 10. The monoisotopic (exact) mass is 350 g/mol. The summed E-state index contributed by atoms with van der Waals surface area (Å²) in [5, 5.41) is 14.4. The van der Waals surface area contributed by atoms with Crippen molar-refractivity contribution in [3.8, 4) is 0 Å². The molecule has 1 aromatic rings. The second kappa shape index (κ2) is 10.3. The Balaban J connectivity index is 2.75. The van der Waals surface area contributed by atoms with E-state index in [4.69, 9.17) is 11.5 Å². The molecule has 8 heteroatoms. The Morgan fingerprint density at radius 1 is 1.08 bits per heavy atom. The average Bonchev–Trinajstić information content (AvgIpc) is 2.55.